The zero-order chi connectivity index (χ0) is 31.1. The molecule has 15 heteroatoms. The summed E-state index contributed by atoms with van der Waals surface area (Å²) in [6.45, 7) is 4.95. The second-order valence-corrected chi connectivity index (χ2v) is 9.71. The molecule has 0 saturated carbocycles. The van der Waals surface area contributed by atoms with E-state index in [2.05, 4.69) is 30.4 Å². The van der Waals surface area contributed by atoms with Crippen LogP contribution in [0.5, 0.6) is 11.5 Å². The van der Waals surface area contributed by atoms with Crippen LogP contribution in [0.1, 0.15) is 29.8 Å². The van der Waals surface area contributed by atoms with Gasteiger partial charge < -0.3 is 35.6 Å². The van der Waals surface area contributed by atoms with Crippen molar-refractivity contribution in [3.8, 4) is 11.5 Å². The van der Waals surface area contributed by atoms with Gasteiger partial charge >= 0.3 is 18.4 Å². The lowest BCUT2D eigenvalue weighted by atomic mass is 9.95. The van der Waals surface area contributed by atoms with Gasteiger partial charge in [-0.05, 0) is 42.0 Å². The van der Waals surface area contributed by atoms with E-state index in [1.54, 1.807) is 30.5 Å². The summed E-state index contributed by atoms with van der Waals surface area (Å²) in [7, 11) is 0. The van der Waals surface area contributed by atoms with Gasteiger partial charge in [-0.15, -0.1) is 8.78 Å². The van der Waals surface area contributed by atoms with Crippen molar-refractivity contribution in [2.75, 3.05) is 29.1 Å². The van der Waals surface area contributed by atoms with E-state index in [0.717, 1.165) is 5.56 Å². The van der Waals surface area contributed by atoms with E-state index in [1.807, 2.05) is 26.0 Å². The molecule has 0 fully saturated rings. The van der Waals surface area contributed by atoms with Crippen molar-refractivity contribution in [2.24, 2.45) is 5.41 Å². The standard InChI is InChI=1S/C25H26F2N4O4.C2HF3O2/c1-24(2,15-32)14-30-22-11-16(9-10-28-22)13-29-19-6-4-3-5-18(19)23(33)31-17-7-8-20-21(12-17)35-25(26,27)34-20;3-2(4,5)1(6)7/h3-12,29,32H,13-15H2,1-2H3,(H,28,30)(H,31,33);(H,6,7). The van der Waals surface area contributed by atoms with E-state index in [4.69, 9.17) is 9.90 Å². The van der Waals surface area contributed by atoms with Gasteiger partial charge in [0.05, 0.1) is 5.56 Å². The summed E-state index contributed by atoms with van der Waals surface area (Å²) < 4.78 is 67.1. The molecule has 3 aromatic rings. The number of aromatic nitrogens is 1. The zero-order valence-corrected chi connectivity index (χ0v) is 22.3. The van der Waals surface area contributed by atoms with Gasteiger partial charge in [0.2, 0.25) is 0 Å². The number of aliphatic hydroxyl groups excluding tert-OH is 1. The van der Waals surface area contributed by atoms with Crippen molar-refractivity contribution in [2.45, 2.75) is 32.9 Å². The van der Waals surface area contributed by atoms with Gasteiger partial charge in [-0.1, -0.05) is 26.0 Å². The Bertz CT molecular complexity index is 1420. The summed E-state index contributed by atoms with van der Waals surface area (Å²) in [4.78, 5) is 26.1. The quantitative estimate of drug-likeness (QED) is 0.207. The van der Waals surface area contributed by atoms with Crippen molar-refractivity contribution in [3.63, 3.8) is 0 Å². The number of carbonyl (C=O) groups excluding carboxylic acids is 1. The third-order valence-corrected chi connectivity index (χ3v) is 5.56. The van der Waals surface area contributed by atoms with E-state index in [-0.39, 0.29) is 23.5 Å². The number of hydrogen-bond donors (Lipinski definition) is 5. The Morgan fingerprint density at radius 2 is 1.64 bits per heavy atom. The van der Waals surface area contributed by atoms with Crippen LogP contribution in [0.2, 0.25) is 0 Å². The molecule has 2 aromatic carbocycles. The van der Waals surface area contributed by atoms with Crippen LogP contribution in [-0.4, -0.2) is 52.7 Å². The van der Waals surface area contributed by atoms with Crippen molar-refractivity contribution >= 4 is 29.1 Å². The molecule has 1 amide bonds. The first-order chi connectivity index (χ1) is 19.6. The number of aliphatic carboxylic acids is 1. The monoisotopic (exact) mass is 598 g/mol. The summed E-state index contributed by atoms with van der Waals surface area (Å²) in [6.07, 6.45) is -7.12. The van der Waals surface area contributed by atoms with Crippen molar-refractivity contribution in [1.29, 1.82) is 0 Å². The molecule has 42 heavy (non-hydrogen) atoms. The van der Waals surface area contributed by atoms with Gasteiger partial charge in [0.15, 0.2) is 11.5 Å². The van der Waals surface area contributed by atoms with Crippen molar-refractivity contribution in [3.05, 3.63) is 71.9 Å². The topological polar surface area (TPSA) is 142 Å². The lowest BCUT2D eigenvalue weighted by Gasteiger charge is -2.22. The second kappa shape index (κ2) is 12.9. The van der Waals surface area contributed by atoms with Crippen LogP contribution in [0, 0.1) is 5.41 Å². The number of carboxylic acids is 1. The van der Waals surface area contributed by atoms with Gasteiger partial charge in [0, 0.05) is 48.7 Å². The number of rotatable bonds is 9. The van der Waals surface area contributed by atoms with Gasteiger partial charge in [-0.25, -0.2) is 9.78 Å². The number of pyridine rings is 1. The number of hydrogen-bond acceptors (Lipinski definition) is 8. The molecule has 0 radical (unpaired) electrons. The van der Waals surface area contributed by atoms with Gasteiger partial charge in [-0.3, -0.25) is 4.79 Å². The largest absolute Gasteiger partial charge is 0.586 e. The van der Waals surface area contributed by atoms with Gasteiger partial charge in [0.1, 0.15) is 5.82 Å². The normalized spacial score (nSPS) is 13.4. The van der Waals surface area contributed by atoms with Crippen molar-refractivity contribution in [1.82, 2.24) is 4.98 Å². The fourth-order valence-electron chi connectivity index (χ4n) is 3.32. The Labute approximate surface area is 236 Å². The number of para-hydroxylation sites is 1. The summed E-state index contributed by atoms with van der Waals surface area (Å²) >= 11 is 0. The van der Waals surface area contributed by atoms with Crippen LogP contribution in [0.4, 0.5) is 39.1 Å². The molecule has 0 aliphatic carbocycles. The molecule has 2 heterocycles. The molecule has 0 spiro atoms. The number of ether oxygens (including phenoxy) is 2. The Hall–Kier alpha value is -4.66. The van der Waals surface area contributed by atoms with Crippen LogP contribution < -0.4 is 25.4 Å². The Kier molecular flexibility index (Phi) is 9.78. The number of halogens is 5. The number of fused-ring (bicyclic) bond motifs is 1. The highest BCUT2D eigenvalue weighted by atomic mass is 19.4. The first kappa shape index (κ1) is 31.9. The zero-order valence-electron chi connectivity index (χ0n) is 22.3. The molecule has 4 rings (SSSR count). The average Bonchev–Trinajstić information content (AvgIpc) is 3.24. The first-order valence-corrected chi connectivity index (χ1v) is 12.2. The molecular weight excluding hydrogens is 571 g/mol. The number of carbonyl (C=O) groups is 2. The molecule has 1 aliphatic rings. The molecule has 0 atom stereocenters. The molecule has 226 valence electrons. The summed E-state index contributed by atoms with van der Waals surface area (Å²) in [5.41, 5.74) is 1.94. The maximum atomic E-state index is 13.3. The number of carboxylic acid groups (broad SMARTS) is 1. The predicted octanol–water partition coefficient (Wildman–Crippen LogP) is 5.33. The highest BCUT2D eigenvalue weighted by Crippen LogP contribution is 2.42. The molecule has 0 bridgehead atoms. The van der Waals surface area contributed by atoms with Crippen molar-refractivity contribution < 1.29 is 51.2 Å². The highest BCUT2D eigenvalue weighted by molar-refractivity contribution is 6.08. The average molecular weight is 599 g/mol. The molecule has 1 aliphatic heterocycles. The minimum atomic E-state index is -5.08. The first-order valence-electron chi connectivity index (χ1n) is 12.2. The lowest BCUT2D eigenvalue weighted by Crippen LogP contribution is -2.27. The number of amides is 1. The molecule has 0 unspecified atom stereocenters. The van der Waals surface area contributed by atoms with Crippen LogP contribution in [0.15, 0.2) is 60.8 Å². The summed E-state index contributed by atoms with van der Waals surface area (Å²) in [5, 5.41) is 25.7. The number of anilines is 3. The maximum absolute atomic E-state index is 13.3. The van der Waals surface area contributed by atoms with E-state index in [9.17, 15) is 31.9 Å². The van der Waals surface area contributed by atoms with E-state index < -0.39 is 24.3 Å². The van der Waals surface area contributed by atoms with Crippen LogP contribution in [-0.2, 0) is 11.3 Å². The molecule has 10 nitrogen and oxygen atoms in total. The number of alkyl halides is 5. The summed E-state index contributed by atoms with van der Waals surface area (Å²) in [5.74, 6) is -2.73. The molecule has 0 saturated heterocycles. The molecular formula is C27H27F5N4O6. The number of nitrogens with one attached hydrogen (secondary N) is 3. The number of nitrogens with zero attached hydrogens (tertiary/aromatic N) is 1. The Balaban J connectivity index is 0.000000616. The minimum absolute atomic E-state index is 0.0544. The number of benzene rings is 2. The molecule has 5 N–H and O–H groups in total. The van der Waals surface area contributed by atoms with E-state index >= 15 is 0 Å². The lowest BCUT2D eigenvalue weighted by molar-refractivity contribution is -0.286. The third-order valence-electron chi connectivity index (χ3n) is 5.56. The SMILES string of the molecule is CC(C)(CO)CNc1cc(CNc2ccccc2C(=O)Nc2ccc3c(c2)OC(F)(F)O3)ccn1.O=C(O)C(F)(F)F. The van der Waals surface area contributed by atoms with Gasteiger partial charge in [0.25, 0.3) is 5.91 Å². The highest BCUT2D eigenvalue weighted by Gasteiger charge is 2.43. The molecule has 1 aromatic heterocycles. The predicted molar refractivity (Wildman–Crippen MR) is 142 cm³/mol. The minimum Gasteiger partial charge on any atom is -0.475 e. The van der Waals surface area contributed by atoms with Crippen LogP contribution >= 0.6 is 0 Å². The number of aliphatic hydroxyl groups is 1. The Morgan fingerprint density at radius 1 is 0.976 bits per heavy atom. The third kappa shape index (κ3) is 9.19. The second-order valence-electron chi connectivity index (χ2n) is 9.71. The fraction of sp³-hybridized carbons (Fsp3) is 0.296. The fourth-order valence-corrected chi connectivity index (χ4v) is 3.32. The van der Waals surface area contributed by atoms with Crippen LogP contribution in [0.3, 0.4) is 0 Å². The summed E-state index contributed by atoms with van der Waals surface area (Å²) in [6, 6.07) is 14.8. The smallest absolute Gasteiger partial charge is 0.475 e. The Morgan fingerprint density at radius 3 is 2.31 bits per heavy atom. The van der Waals surface area contributed by atoms with E-state index in [0.29, 0.717) is 35.8 Å². The van der Waals surface area contributed by atoms with E-state index in [1.165, 1.54) is 18.2 Å². The van der Waals surface area contributed by atoms with Gasteiger partial charge in [-0.2, -0.15) is 13.2 Å². The maximum Gasteiger partial charge on any atom is 0.586 e. The van der Waals surface area contributed by atoms with Crippen LogP contribution in [0.25, 0.3) is 0 Å².